The van der Waals surface area contributed by atoms with Gasteiger partial charge >= 0.3 is 0 Å². The highest BCUT2D eigenvalue weighted by atomic mass is 32.1. The molecule has 2 rings (SSSR count). The maximum atomic E-state index is 14.0. The Labute approximate surface area is 103 Å². The molecule has 1 aromatic carbocycles. The second-order valence-corrected chi connectivity index (χ2v) is 4.52. The molecule has 1 unspecified atom stereocenters. The number of hydrogen-bond donors (Lipinski definition) is 2. The number of benzene rings is 1. The summed E-state index contributed by atoms with van der Waals surface area (Å²) >= 11 is 1.21. The first-order valence-electron chi connectivity index (χ1n) is 5.13. The molecule has 1 aromatic heterocycles. The van der Waals surface area contributed by atoms with Crippen LogP contribution in [0.1, 0.15) is 28.4 Å². The third-order valence-electron chi connectivity index (χ3n) is 2.61. The van der Waals surface area contributed by atoms with Gasteiger partial charge in [-0.3, -0.25) is 5.84 Å². The van der Waals surface area contributed by atoms with Crippen molar-refractivity contribution in [3.8, 4) is 0 Å². The summed E-state index contributed by atoms with van der Waals surface area (Å²) in [5.41, 5.74) is 5.46. The molecule has 4 nitrogen and oxygen atoms in total. The second-order valence-electron chi connectivity index (χ2n) is 3.91. The molecule has 17 heavy (non-hydrogen) atoms. The number of hydrazine groups is 1. The van der Waals surface area contributed by atoms with Gasteiger partial charge in [0.25, 0.3) is 0 Å². The van der Waals surface area contributed by atoms with Crippen LogP contribution in [0.2, 0.25) is 0 Å². The number of aryl methyl sites for hydroxylation is 2. The molecule has 0 aliphatic carbocycles. The van der Waals surface area contributed by atoms with Gasteiger partial charge in [0, 0.05) is 10.9 Å². The van der Waals surface area contributed by atoms with Crippen LogP contribution in [0.15, 0.2) is 17.5 Å². The minimum Gasteiger partial charge on any atom is -0.271 e. The highest BCUT2D eigenvalue weighted by Gasteiger charge is 2.21. The van der Waals surface area contributed by atoms with E-state index in [2.05, 4.69) is 15.0 Å². The quantitative estimate of drug-likeness (QED) is 0.646. The van der Waals surface area contributed by atoms with Crippen LogP contribution in [-0.4, -0.2) is 9.59 Å². The molecular formula is C11H13FN4S. The highest BCUT2D eigenvalue weighted by Crippen LogP contribution is 2.27. The van der Waals surface area contributed by atoms with Gasteiger partial charge in [0.2, 0.25) is 0 Å². The molecule has 3 N–H and O–H groups in total. The van der Waals surface area contributed by atoms with Crippen molar-refractivity contribution in [3.05, 3.63) is 45.7 Å². The zero-order chi connectivity index (χ0) is 12.4. The molecule has 1 heterocycles. The van der Waals surface area contributed by atoms with Crippen LogP contribution >= 0.6 is 11.5 Å². The highest BCUT2D eigenvalue weighted by molar-refractivity contribution is 7.03. The third-order valence-corrected chi connectivity index (χ3v) is 3.13. The SMILES string of the molecule is Cc1cc(C)c(C(NN)c2csnn2)c(F)c1. The predicted octanol–water partition coefficient (Wildman–Crippen LogP) is 1.85. The third kappa shape index (κ3) is 2.33. The fraction of sp³-hybridized carbons (Fsp3) is 0.273. The molecular weight excluding hydrogens is 239 g/mol. The number of nitrogens with zero attached hydrogens (tertiary/aromatic N) is 2. The summed E-state index contributed by atoms with van der Waals surface area (Å²) in [5.74, 6) is 5.21. The van der Waals surface area contributed by atoms with Gasteiger partial charge < -0.3 is 0 Å². The first-order valence-corrected chi connectivity index (χ1v) is 5.97. The first kappa shape index (κ1) is 12.1. The average molecular weight is 252 g/mol. The Morgan fingerprint density at radius 2 is 2.18 bits per heavy atom. The van der Waals surface area contributed by atoms with Gasteiger partial charge in [-0.15, -0.1) is 5.10 Å². The number of aromatic nitrogens is 2. The molecule has 90 valence electrons. The zero-order valence-corrected chi connectivity index (χ0v) is 10.4. The number of rotatable bonds is 3. The smallest absolute Gasteiger partial charge is 0.128 e. The summed E-state index contributed by atoms with van der Waals surface area (Å²) in [5, 5.41) is 5.68. The number of halogens is 1. The fourth-order valence-corrected chi connectivity index (χ4v) is 2.39. The van der Waals surface area contributed by atoms with Gasteiger partial charge in [-0.1, -0.05) is 10.6 Å². The van der Waals surface area contributed by atoms with Crippen LogP contribution < -0.4 is 11.3 Å². The Balaban J connectivity index is 2.52. The molecule has 0 fully saturated rings. The van der Waals surface area contributed by atoms with Crippen molar-refractivity contribution in [3.63, 3.8) is 0 Å². The molecule has 2 aromatic rings. The Kier molecular flexibility index (Phi) is 3.46. The molecule has 0 radical (unpaired) electrons. The topological polar surface area (TPSA) is 63.8 Å². The van der Waals surface area contributed by atoms with Crippen LogP contribution in [0.5, 0.6) is 0 Å². The summed E-state index contributed by atoms with van der Waals surface area (Å²) in [6, 6.07) is 2.95. The van der Waals surface area contributed by atoms with Crippen LogP contribution in [0.25, 0.3) is 0 Å². The van der Waals surface area contributed by atoms with E-state index < -0.39 is 6.04 Å². The van der Waals surface area contributed by atoms with Crippen molar-refractivity contribution < 1.29 is 4.39 Å². The molecule has 6 heteroatoms. The van der Waals surface area contributed by atoms with Crippen molar-refractivity contribution >= 4 is 11.5 Å². The summed E-state index contributed by atoms with van der Waals surface area (Å²) in [6.07, 6.45) is 0. The number of nitrogens with two attached hydrogens (primary N) is 1. The van der Waals surface area contributed by atoms with E-state index in [9.17, 15) is 4.39 Å². The van der Waals surface area contributed by atoms with Crippen molar-refractivity contribution in [2.45, 2.75) is 19.9 Å². The Morgan fingerprint density at radius 3 is 2.71 bits per heavy atom. The number of hydrogen-bond acceptors (Lipinski definition) is 5. The van der Waals surface area contributed by atoms with Crippen LogP contribution in [0, 0.1) is 19.7 Å². The lowest BCUT2D eigenvalue weighted by Gasteiger charge is -2.17. The maximum Gasteiger partial charge on any atom is 0.128 e. The molecule has 0 saturated carbocycles. The molecule has 0 aliphatic heterocycles. The standard InChI is InChI=1S/C11H13FN4S/c1-6-3-7(2)10(8(12)4-6)11(14-13)9-5-17-16-15-9/h3-5,11,14H,13H2,1-2H3. The molecule has 0 saturated heterocycles. The van der Waals surface area contributed by atoms with E-state index in [4.69, 9.17) is 5.84 Å². The average Bonchev–Trinajstić information content (AvgIpc) is 2.76. The van der Waals surface area contributed by atoms with E-state index in [0.29, 0.717) is 11.3 Å². The summed E-state index contributed by atoms with van der Waals surface area (Å²) in [6.45, 7) is 3.71. The van der Waals surface area contributed by atoms with Crippen LogP contribution in [0.3, 0.4) is 0 Å². The Hall–Kier alpha value is -1.37. The van der Waals surface area contributed by atoms with E-state index in [1.54, 1.807) is 5.38 Å². The van der Waals surface area contributed by atoms with Crippen LogP contribution in [0.4, 0.5) is 4.39 Å². The summed E-state index contributed by atoms with van der Waals surface area (Å²) in [7, 11) is 0. The minimum atomic E-state index is -0.464. The van der Waals surface area contributed by atoms with Crippen LogP contribution in [-0.2, 0) is 0 Å². The minimum absolute atomic E-state index is 0.279. The molecule has 0 bridgehead atoms. The van der Waals surface area contributed by atoms with Gasteiger partial charge in [0.15, 0.2) is 0 Å². The normalized spacial score (nSPS) is 12.7. The molecule has 0 amide bonds. The maximum absolute atomic E-state index is 14.0. The lowest BCUT2D eigenvalue weighted by molar-refractivity contribution is 0.548. The van der Waals surface area contributed by atoms with Crippen molar-refractivity contribution in [1.29, 1.82) is 0 Å². The number of nitrogens with one attached hydrogen (secondary N) is 1. The van der Waals surface area contributed by atoms with E-state index in [0.717, 1.165) is 11.1 Å². The van der Waals surface area contributed by atoms with Gasteiger partial charge in [-0.2, -0.15) is 0 Å². The van der Waals surface area contributed by atoms with E-state index in [-0.39, 0.29) is 5.82 Å². The van der Waals surface area contributed by atoms with Crippen molar-refractivity contribution in [2.75, 3.05) is 0 Å². The zero-order valence-electron chi connectivity index (χ0n) is 9.57. The van der Waals surface area contributed by atoms with Gasteiger partial charge in [-0.25, -0.2) is 9.82 Å². The largest absolute Gasteiger partial charge is 0.271 e. The lowest BCUT2D eigenvalue weighted by atomic mass is 9.97. The van der Waals surface area contributed by atoms with Gasteiger partial charge in [0.05, 0.1) is 11.7 Å². The van der Waals surface area contributed by atoms with E-state index >= 15 is 0 Å². The van der Waals surface area contributed by atoms with E-state index in [1.807, 2.05) is 19.9 Å². The van der Waals surface area contributed by atoms with Gasteiger partial charge in [0.1, 0.15) is 5.82 Å². The molecule has 0 spiro atoms. The predicted molar refractivity (Wildman–Crippen MR) is 64.9 cm³/mol. The summed E-state index contributed by atoms with van der Waals surface area (Å²) < 4.78 is 17.8. The first-order chi connectivity index (χ1) is 8.13. The fourth-order valence-electron chi connectivity index (χ4n) is 1.91. The van der Waals surface area contributed by atoms with Gasteiger partial charge in [-0.05, 0) is 42.6 Å². The molecule has 0 aliphatic rings. The van der Waals surface area contributed by atoms with Crippen molar-refractivity contribution in [2.24, 2.45) is 5.84 Å². The van der Waals surface area contributed by atoms with Crippen molar-refractivity contribution in [1.82, 2.24) is 15.0 Å². The Morgan fingerprint density at radius 1 is 1.41 bits per heavy atom. The molecule has 1 atom stereocenters. The van der Waals surface area contributed by atoms with E-state index in [1.165, 1.54) is 17.6 Å². The monoisotopic (exact) mass is 252 g/mol. The lowest BCUT2D eigenvalue weighted by Crippen LogP contribution is -2.30. The summed E-state index contributed by atoms with van der Waals surface area (Å²) in [4.78, 5) is 0. The Bertz CT molecular complexity index is 489. The second kappa shape index (κ2) is 4.87.